The third kappa shape index (κ3) is 3.24. The summed E-state index contributed by atoms with van der Waals surface area (Å²) in [6.45, 7) is 0. The van der Waals surface area contributed by atoms with E-state index in [-0.39, 0.29) is 5.56 Å². The van der Waals surface area contributed by atoms with Crippen molar-refractivity contribution in [2.24, 2.45) is 12.1 Å². The van der Waals surface area contributed by atoms with E-state index in [1.165, 1.54) is 18.1 Å². The zero-order valence-corrected chi connectivity index (χ0v) is 12.6. The third-order valence-electron chi connectivity index (χ3n) is 2.73. The van der Waals surface area contributed by atoms with E-state index in [9.17, 15) is 9.59 Å². The lowest BCUT2D eigenvalue weighted by molar-refractivity contribution is 0.766. The Hall–Kier alpha value is -2.15. The fourth-order valence-electron chi connectivity index (χ4n) is 1.48. The molecule has 0 atom stereocenters. The number of aromatic amines is 1. The van der Waals surface area contributed by atoms with E-state index in [4.69, 9.17) is 0 Å². The number of hydrogen-bond donors (Lipinski definition) is 1. The van der Waals surface area contributed by atoms with Crippen LogP contribution in [0.2, 0.25) is 0 Å². The normalized spacial score (nSPS) is 10.9. The maximum Gasteiger partial charge on any atom is 0.329 e. The average molecular weight is 337 g/mol. The summed E-state index contributed by atoms with van der Waals surface area (Å²) in [5.74, 6) is 0.339. The molecule has 6 nitrogen and oxygen atoms in total. The molecule has 0 amide bonds. The number of hydrogen-bond acceptors (Lipinski definition) is 4. The van der Waals surface area contributed by atoms with Gasteiger partial charge in [-0.2, -0.15) is 5.10 Å². The highest BCUT2D eigenvalue weighted by Gasteiger charge is 2.03. The molecule has 0 fully saturated rings. The van der Waals surface area contributed by atoms with Gasteiger partial charge in [0.1, 0.15) is 5.82 Å². The molecule has 0 saturated heterocycles. The lowest BCUT2D eigenvalue weighted by Crippen LogP contribution is -2.33. The molecule has 0 saturated carbocycles. The first-order valence-electron chi connectivity index (χ1n) is 5.81. The Morgan fingerprint density at radius 3 is 2.55 bits per heavy atom. The summed E-state index contributed by atoms with van der Waals surface area (Å²) in [6, 6.07) is 8.92. The molecule has 2 rings (SSSR count). The van der Waals surface area contributed by atoms with Crippen molar-refractivity contribution in [2.75, 3.05) is 12.1 Å². The molecule has 104 valence electrons. The SMILES string of the molecule is CN(/N=C/c1ccc(Br)cc1)c1cc(=O)n(C)c(=O)[nH]1. The van der Waals surface area contributed by atoms with Crippen molar-refractivity contribution in [3.05, 3.63) is 61.2 Å². The molecule has 1 aromatic heterocycles. The van der Waals surface area contributed by atoms with Crippen molar-refractivity contribution in [2.45, 2.75) is 0 Å². The smallest absolute Gasteiger partial charge is 0.292 e. The molecule has 0 aliphatic heterocycles. The summed E-state index contributed by atoms with van der Waals surface area (Å²) < 4.78 is 1.98. The van der Waals surface area contributed by atoms with E-state index in [0.29, 0.717) is 5.82 Å². The van der Waals surface area contributed by atoms with Gasteiger partial charge < -0.3 is 0 Å². The van der Waals surface area contributed by atoms with Gasteiger partial charge in [0.05, 0.1) is 6.21 Å². The molecule has 2 aromatic rings. The summed E-state index contributed by atoms with van der Waals surface area (Å²) >= 11 is 3.35. The van der Waals surface area contributed by atoms with Crippen LogP contribution in [0.1, 0.15) is 5.56 Å². The molecule has 1 aromatic carbocycles. The monoisotopic (exact) mass is 336 g/mol. The number of rotatable bonds is 3. The van der Waals surface area contributed by atoms with Crippen molar-refractivity contribution in [3.8, 4) is 0 Å². The van der Waals surface area contributed by atoms with Crippen LogP contribution >= 0.6 is 15.9 Å². The van der Waals surface area contributed by atoms with Gasteiger partial charge in [-0.25, -0.2) is 4.79 Å². The fourth-order valence-corrected chi connectivity index (χ4v) is 1.75. The van der Waals surface area contributed by atoms with Gasteiger partial charge in [-0.05, 0) is 17.7 Å². The largest absolute Gasteiger partial charge is 0.329 e. The molecule has 0 aliphatic rings. The van der Waals surface area contributed by atoms with Gasteiger partial charge in [-0.15, -0.1) is 0 Å². The van der Waals surface area contributed by atoms with Gasteiger partial charge in [0, 0.05) is 24.6 Å². The Balaban J connectivity index is 2.24. The lowest BCUT2D eigenvalue weighted by atomic mass is 10.2. The summed E-state index contributed by atoms with van der Waals surface area (Å²) in [4.78, 5) is 25.6. The Labute approximate surface area is 123 Å². The Bertz CT molecular complexity index is 715. The lowest BCUT2D eigenvalue weighted by Gasteiger charge is -2.12. The van der Waals surface area contributed by atoms with Gasteiger partial charge in [0.15, 0.2) is 0 Å². The zero-order valence-electron chi connectivity index (χ0n) is 11.0. The Morgan fingerprint density at radius 2 is 1.95 bits per heavy atom. The molecule has 1 heterocycles. The van der Waals surface area contributed by atoms with Gasteiger partial charge in [0.25, 0.3) is 5.56 Å². The van der Waals surface area contributed by atoms with Crippen molar-refractivity contribution >= 4 is 28.0 Å². The van der Waals surface area contributed by atoms with Crippen LogP contribution in [0.15, 0.2) is 49.5 Å². The first-order chi connectivity index (χ1) is 9.47. The van der Waals surface area contributed by atoms with Crippen LogP contribution in [0.25, 0.3) is 0 Å². The molecule has 20 heavy (non-hydrogen) atoms. The fraction of sp³-hybridized carbons (Fsp3) is 0.154. The molecule has 1 N–H and O–H groups in total. The van der Waals surface area contributed by atoms with Crippen molar-refractivity contribution in [1.82, 2.24) is 9.55 Å². The van der Waals surface area contributed by atoms with Gasteiger partial charge >= 0.3 is 5.69 Å². The van der Waals surface area contributed by atoms with E-state index < -0.39 is 5.69 Å². The first kappa shape index (κ1) is 14.3. The first-order valence-corrected chi connectivity index (χ1v) is 6.60. The van der Waals surface area contributed by atoms with E-state index in [1.807, 2.05) is 24.3 Å². The minimum Gasteiger partial charge on any atom is -0.292 e. The van der Waals surface area contributed by atoms with Crippen LogP contribution in [-0.4, -0.2) is 22.8 Å². The molecular formula is C13H13BrN4O2. The number of halogens is 1. The summed E-state index contributed by atoms with van der Waals surface area (Å²) in [7, 11) is 3.07. The van der Waals surface area contributed by atoms with Crippen molar-refractivity contribution in [1.29, 1.82) is 0 Å². The number of aromatic nitrogens is 2. The van der Waals surface area contributed by atoms with Gasteiger partial charge in [0.2, 0.25) is 0 Å². The Morgan fingerprint density at radius 1 is 1.30 bits per heavy atom. The molecule has 0 aliphatic carbocycles. The molecule has 7 heteroatoms. The molecular weight excluding hydrogens is 324 g/mol. The minimum absolute atomic E-state index is 0.339. The van der Waals surface area contributed by atoms with Crippen LogP contribution < -0.4 is 16.3 Å². The minimum atomic E-state index is -0.474. The second kappa shape index (κ2) is 5.87. The standard InChI is InChI=1S/C13H13BrN4O2/c1-17-12(19)7-11(16-13(17)20)18(2)15-8-9-3-5-10(14)6-4-9/h3-8H,1-2H3,(H,16,20)/b15-8+. The van der Waals surface area contributed by atoms with Crippen LogP contribution in [0, 0.1) is 0 Å². The van der Waals surface area contributed by atoms with E-state index in [1.54, 1.807) is 13.3 Å². The summed E-state index contributed by atoms with van der Waals surface area (Å²) in [5.41, 5.74) is 0.0545. The highest BCUT2D eigenvalue weighted by atomic mass is 79.9. The molecule has 0 spiro atoms. The van der Waals surface area contributed by atoms with Crippen LogP contribution in [0.4, 0.5) is 5.82 Å². The van der Waals surface area contributed by atoms with Gasteiger partial charge in [-0.1, -0.05) is 28.1 Å². The summed E-state index contributed by atoms with van der Waals surface area (Å²) in [6.07, 6.45) is 1.64. The molecule has 0 unspecified atom stereocenters. The predicted octanol–water partition coefficient (Wildman–Crippen LogP) is 1.31. The molecule has 0 bridgehead atoms. The zero-order chi connectivity index (χ0) is 14.7. The van der Waals surface area contributed by atoms with E-state index >= 15 is 0 Å². The highest BCUT2D eigenvalue weighted by Crippen LogP contribution is 2.09. The van der Waals surface area contributed by atoms with Gasteiger partial charge in [-0.3, -0.25) is 19.4 Å². The van der Waals surface area contributed by atoms with Crippen molar-refractivity contribution in [3.63, 3.8) is 0 Å². The number of nitrogens with one attached hydrogen (secondary N) is 1. The number of nitrogens with zero attached hydrogens (tertiary/aromatic N) is 3. The molecule has 0 radical (unpaired) electrons. The second-order valence-corrected chi connectivity index (χ2v) is 5.09. The van der Waals surface area contributed by atoms with E-state index in [2.05, 4.69) is 26.0 Å². The highest BCUT2D eigenvalue weighted by molar-refractivity contribution is 9.10. The third-order valence-corrected chi connectivity index (χ3v) is 3.26. The maximum absolute atomic E-state index is 11.5. The van der Waals surface area contributed by atoms with E-state index in [0.717, 1.165) is 14.6 Å². The van der Waals surface area contributed by atoms with Crippen LogP contribution in [0.5, 0.6) is 0 Å². The number of H-pyrrole nitrogens is 1. The number of benzene rings is 1. The quantitative estimate of drug-likeness (QED) is 0.678. The second-order valence-electron chi connectivity index (χ2n) is 4.18. The Kier molecular flexibility index (Phi) is 4.19. The number of anilines is 1. The average Bonchev–Trinajstić information content (AvgIpc) is 2.43. The maximum atomic E-state index is 11.5. The number of hydrazone groups is 1. The predicted molar refractivity (Wildman–Crippen MR) is 82.4 cm³/mol. The summed E-state index contributed by atoms with van der Waals surface area (Å²) in [5, 5.41) is 5.62. The topological polar surface area (TPSA) is 70.5 Å². The van der Waals surface area contributed by atoms with Crippen molar-refractivity contribution < 1.29 is 0 Å². The van der Waals surface area contributed by atoms with Crippen LogP contribution in [0.3, 0.4) is 0 Å². The van der Waals surface area contributed by atoms with Crippen LogP contribution in [-0.2, 0) is 7.05 Å².